The maximum Gasteiger partial charge on any atom is 0.238 e. The highest BCUT2D eigenvalue weighted by Gasteiger charge is 2.22. The minimum Gasteiger partial charge on any atom is -0.508 e. The lowest BCUT2D eigenvalue weighted by atomic mass is 9.97. The summed E-state index contributed by atoms with van der Waals surface area (Å²) in [7, 11) is 0. The zero-order valence-corrected chi connectivity index (χ0v) is 13.8. The minimum absolute atomic E-state index is 0.113. The lowest BCUT2D eigenvalue weighted by molar-refractivity contribution is -0.124. The summed E-state index contributed by atoms with van der Waals surface area (Å²) in [6.45, 7) is 1.90. The molecular weight excluding hydrogens is 320 g/mol. The molecule has 2 aromatic rings. The molecule has 2 unspecified atom stereocenters. The highest BCUT2D eigenvalue weighted by molar-refractivity contribution is 5.81. The molecule has 0 aliphatic heterocycles. The summed E-state index contributed by atoms with van der Waals surface area (Å²) < 4.78 is 0. The molecule has 25 heavy (non-hydrogen) atoms. The molecule has 2 rings (SSSR count). The van der Waals surface area contributed by atoms with Gasteiger partial charge in [-0.25, -0.2) is 0 Å². The predicted octanol–water partition coefficient (Wildman–Crippen LogP) is 2.75. The van der Waals surface area contributed by atoms with Gasteiger partial charge in [0.25, 0.3) is 0 Å². The van der Waals surface area contributed by atoms with E-state index in [1.54, 1.807) is 30.3 Å². The summed E-state index contributed by atoms with van der Waals surface area (Å²) in [6.07, 6.45) is 0.722. The molecule has 1 amide bonds. The molecule has 0 aromatic heterocycles. The molecule has 0 aliphatic rings. The fraction of sp³-hybridized carbons (Fsp3) is 0.263. The number of amides is 1. The molecule has 0 heterocycles. The summed E-state index contributed by atoms with van der Waals surface area (Å²) in [4.78, 5) is 12.5. The Kier molecular flexibility index (Phi) is 5.85. The first kappa shape index (κ1) is 18.1. The van der Waals surface area contributed by atoms with Crippen molar-refractivity contribution in [3.8, 4) is 23.3 Å². The van der Waals surface area contributed by atoms with E-state index >= 15 is 0 Å². The molecule has 0 radical (unpaired) electrons. The molecule has 6 nitrogen and oxygen atoms in total. The van der Waals surface area contributed by atoms with Crippen LogP contribution in [0.2, 0.25) is 0 Å². The van der Waals surface area contributed by atoms with Gasteiger partial charge in [-0.05, 0) is 48.2 Å². The van der Waals surface area contributed by atoms with Crippen LogP contribution in [0.15, 0.2) is 42.5 Å². The Bertz CT molecular complexity index is 798. The number of aromatic hydroxyl groups is 3. The molecule has 2 aromatic carbocycles. The average molecular weight is 340 g/mol. The summed E-state index contributed by atoms with van der Waals surface area (Å²) in [5, 5.41) is 40.6. The lowest BCUT2D eigenvalue weighted by Gasteiger charge is -2.19. The van der Waals surface area contributed by atoms with E-state index in [4.69, 9.17) is 0 Å². The highest BCUT2D eigenvalue weighted by Crippen LogP contribution is 2.26. The van der Waals surface area contributed by atoms with Crippen LogP contribution in [-0.2, 0) is 11.2 Å². The summed E-state index contributed by atoms with van der Waals surface area (Å²) in [6, 6.07) is 12.5. The van der Waals surface area contributed by atoms with Crippen molar-refractivity contribution in [2.45, 2.75) is 25.8 Å². The molecule has 2 atom stereocenters. The fourth-order valence-corrected chi connectivity index (χ4v) is 2.56. The van der Waals surface area contributed by atoms with Crippen LogP contribution in [-0.4, -0.2) is 21.2 Å². The topological polar surface area (TPSA) is 114 Å². The Morgan fingerprint density at radius 1 is 1.16 bits per heavy atom. The van der Waals surface area contributed by atoms with Crippen LogP contribution in [0, 0.1) is 17.2 Å². The van der Waals surface area contributed by atoms with Crippen LogP contribution in [0.3, 0.4) is 0 Å². The number of hydrogen-bond donors (Lipinski definition) is 4. The number of benzene rings is 2. The lowest BCUT2D eigenvalue weighted by Crippen LogP contribution is -2.34. The van der Waals surface area contributed by atoms with E-state index in [-0.39, 0.29) is 29.7 Å². The Morgan fingerprint density at radius 3 is 2.52 bits per heavy atom. The second kappa shape index (κ2) is 8.06. The Labute approximate surface area is 146 Å². The first-order chi connectivity index (χ1) is 11.9. The van der Waals surface area contributed by atoms with Crippen molar-refractivity contribution in [2.24, 2.45) is 5.92 Å². The zero-order chi connectivity index (χ0) is 18.4. The van der Waals surface area contributed by atoms with Crippen LogP contribution >= 0.6 is 0 Å². The van der Waals surface area contributed by atoms with Crippen LogP contribution < -0.4 is 5.32 Å². The van der Waals surface area contributed by atoms with Gasteiger partial charge in [-0.15, -0.1) is 0 Å². The van der Waals surface area contributed by atoms with Crippen molar-refractivity contribution >= 4 is 5.91 Å². The van der Waals surface area contributed by atoms with E-state index in [1.807, 2.05) is 13.0 Å². The van der Waals surface area contributed by atoms with E-state index in [1.165, 1.54) is 12.1 Å². The van der Waals surface area contributed by atoms with Crippen LogP contribution in [0.5, 0.6) is 17.2 Å². The smallest absolute Gasteiger partial charge is 0.238 e. The van der Waals surface area contributed by atoms with Crippen molar-refractivity contribution in [1.29, 1.82) is 5.26 Å². The Morgan fingerprint density at radius 2 is 1.92 bits per heavy atom. The largest absolute Gasteiger partial charge is 0.508 e. The summed E-state index contributed by atoms with van der Waals surface area (Å²) in [5.74, 6) is -1.79. The fourth-order valence-electron chi connectivity index (χ4n) is 2.56. The Balaban J connectivity index is 2.10. The number of carbonyl (C=O) groups is 1. The number of phenolic OH excluding ortho intramolecular Hbond substituents is 3. The van der Waals surface area contributed by atoms with Crippen molar-refractivity contribution < 1.29 is 20.1 Å². The highest BCUT2D eigenvalue weighted by atomic mass is 16.3. The normalized spacial score (nSPS) is 12.8. The molecule has 0 aliphatic carbocycles. The van der Waals surface area contributed by atoms with Gasteiger partial charge >= 0.3 is 0 Å². The molecule has 6 heteroatoms. The van der Waals surface area contributed by atoms with Gasteiger partial charge in [-0.2, -0.15) is 5.26 Å². The van der Waals surface area contributed by atoms with Crippen LogP contribution in [0.1, 0.15) is 30.5 Å². The number of nitriles is 1. The van der Waals surface area contributed by atoms with Gasteiger partial charge in [0.1, 0.15) is 11.7 Å². The van der Waals surface area contributed by atoms with Gasteiger partial charge in [-0.3, -0.25) is 4.79 Å². The van der Waals surface area contributed by atoms with Gasteiger partial charge in [0.2, 0.25) is 5.91 Å². The summed E-state index contributed by atoms with van der Waals surface area (Å²) in [5.41, 5.74) is 1.33. The number of hydrogen-bond acceptors (Lipinski definition) is 5. The standard InChI is InChI=1S/C19H20N2O4/c1-2-16(13-4-3-5-15(22)10-13)21-19(25)14(11-20)8-12-6-7-17(23)18(24)9-12/h3-7,9-10,14,16,22-24H,2,8H2,1H3,(H,21,25). The van der Waals surface area contributed by atoms with E-state index < -0.39 is 11.8 Å². The quantitative estimate of drug-likeness (QED) is 0.604. The number of nitrogens with zero attached hydrogens (tertiary/aromatic N) is 1. The van der Waals surface area contributed by atoms with E-state index in [9.17, 15) is 25.4 Å². The number of nitrogens with one attached hydrogen (secondary N) is 1. The second-order valence-corrected chi connectivity index (χ2v) is 5.77. The van der Waals surface area contributed by atoms with Gasteiger partial charge in [0, 0.05) is 0 Å². The van der Waals surface area contributed by atoms with Gasteiger partial charge in [0.05, 0.1) is 12.1 Å². The number of rotatable bonds is 6. The maximum atomic E-state index is 12.5. The van der Waals surface area contributed by atoms with Gasteiger partial charge in [0.15, 0.2) is 11.5 Å². The zero-order valence-electron chi connectivity index (χ0n) is 13.8. The molecule has 4 N–H and O–H groups in total. The molecule has 130 valence electrons. The average Bonchev–Trinajstić information content (AvgIpc) is 2.60. The van der Waals surface area contributed by atoms with E-state index in [2.05, 4.69) is 5.32 Å². The third-order valence-corrected chi connectivity index (χ3v) is 3.95. The van der Waals surface area contributed by atoms with Crippen LogP contribution in [0.25, 0.3) is 0 Å². The SMILES string of the molecule is CCC(NC(=O)C(C#N)Cc1ccc(O)c(O)c1)c1cccc(O)c1. The van der Waals surface area contributed by atoms with Crippen molar-refractivity contribution in [3.05, 3.63) is 53.6 Å². The first-order valence-corrected chi connectivity index (χ1v) is 7.94. The first-order valence-electron chi connectivity index (χ1n) is 7.94. The molecule has 0 saturated carbocycles. The third-order valence-electron chi connectivity index (χ3n) is 3.95. The third kappa shape index (κ3) is 4.64. The number of carbonyl (C=O) groups excluding carboxylic acids is 1. The molecule has 0 spiro atoms. The second-order valence-electron chi connectivity index (χ2n) is 5.77. The molecule has 0 fully saturated rings. The van der Waals surface area contributed by atoms with Gasteiger partial charge < -0.3 is 20.6 Å². The minimum atomic E-state index is -0.935. The monoisotopic (exact) mass is 340 g/mol. The number of phenols is 3. The molecule has 0 saturated heterocycles. The summed E-state index contributed by atoms with van der Waals surface area (Å²) >= 11 is 0. The predicted molar refractivity (Wildman–Crippen MR) is 91.9 cm³/mol. The van der Waals surface area contributed by atoms with Crippen molar-refractivity contribution in [1.82, 2.24) is 5.32 Å². The molecule has 0 bridgehead atoms. The Hall–Kier alpha value is -3.20. The van der Waals surface area contributed by atoms with Crippen molar-refractivity contribution in [2.75, 3.05) is 0 Å². The van der Waals surface area contributed by atoms with Gasteiger partial charge in [-0.1, -0.05) is 25.1 Å². The van der Waals surface area contributed by atoms with E-state index in [0.29, 0.717) is 12.0 Å². The van der Waals surface area contributed by atoms with Crippen molar-refractivity contribution in [3.63, 3.8) is 0 Å². The molecular formula is C19H20N2O4. The van der Waals surface area contributed by atoms with E-state index in [0.717, 1.165) is 5.56 Å². The maximum absolute atomic E-state index is 12.5. The van der Waals surface area contributed by atoms with Crippen LogP contribution in [0.4, 0.5) is 0 Å².